The van der Waals surface area contributed by atoms with Crippen molar-refractivity contribution in [3.8, 4) is 0 Å². The van der Waals surface area contributed by atoms with Crippen LogP contribution in [0.1, 0.15) is 39.5 Å². The Bertz CT molecular complexity index is 754. The molecule has 0 amide bonds. The Hall–Kier alpha value is -1.89. The molecule has 0 spiro atoms. The van der Waals surface area contributed by atoms with Gasteiger partial charge in [0, 0.05) is 20.1 Å². The van der Waals surface area contributed by atoms with E-state index in [4.69, 9.17) is 0 Å². The molecule has 2 heterocycles. The summed E-state index contributed by atoms with van der Waals surface area (Å²) in [6, 6.07) is 0. The lowest BCUT2D eigenvalue weighted by Gasteiger charge is -2.10. The maximum atomic E-state index is 12.6. The van der Waals surface area contributed by atoms with Gasteiger partial charge in [0.1, 0.15) is 0 Å². The normalized spacial score (nSPS) is 12.9. The second-order valence-electron chi connectivity index (χ2n) is 5.75. The molecule has 0 aliphatic carbocycles. The summed E-state index contributed by atoms with van der Waals surface area (Å²) in [4.78, 5) is 29.2. The molecule has 0 aliphatic rings. The van der Waals surface area contributed by atoms with Crippen LogP contribution in [0.2, 0.25) is 0 Å². The van der Waals surface area contributed by atoms with Gasteiger partial charge >= 0.3 is 5.69 Å². The summed E-state index contributed by atoms with van der Waals surface area (Å²) in [6.45, 7) is 4.83. The van der Waals surface area contributed by atoms with E-state index in [9.17, 15) is 14.7 Å². The van der Waals surface area contributed by atoms with E-state index in [1.807, 2.05) is 11.5 Å². The molecule has 0 saturated heterocycles. The molecule has 2 aromatic heterocycles. The number of unbranched alkanes of at least 4 members (excludes halogenated alkanes) is 1. The first-order chi connectivity index (χ1) is 10.5. The van der Waals surface area contributed by atoms with Gasteiger partial charge in [0.05, 0.1) is 12.4 Å². The molecule has 7 heteroatoms. The maximum absolute atomic E-state index is 12.6. The van der Waals surface area contributed by atoms with Crippen molar-refractivity contribution in [2.24, 2.45) is 7.05 Å². The number of nitrogens with zero attached hydrogens (tertiary/aromatic N) is 4. The van der Waals surface area contributed by atoms with E-state index in [2.05, 4.69) is 4.98 Å². The summed E-state index contributed by atoms with van der Waals surface area (Å²) in [5.41, 5.74) is 0.306. The van der Waals surface area contributed by atoms with E-state index >= 15 is 0 Å². The van der Waals surface area contributed by atoms with Crippen molar-refractivity contribution in [3.63, 3.8) is 0 Å². The number of aryl methyl sites for hydroxylation is 2. The lowest BCUT2D eigenvalue weighted by Crippen LogP contribution is -2.39. The van der Waals surface area contributed by atoms with Gasteiger partial charge in [0.15, 0.2) is 11.2 Å². The van der Waals surface area contributed by atoms with Gasteiger partial charge in [-0.1, -0.05) is 6.92 Å². The molecule has 0 unspecified atom stereocenters. The first-order valence-electron chi connectivity index (χ1n) is 7.80. The third kappa shape index (κ3) is 3.14. The van der Waals surface area contributed by atoms with Gasteiger partial charge in [-0.3, -0.25) is 13.9 Å². The smallest absolute Gasteiger partial charge is 0.332 e. The second-order valence-corrected chi connectivity index (χ2v) is 5.75. The van der Waals surface area contributed by atoms with Gasteiger partial charge in [-0.15, -0.1) is 0 Å². The Balaban J connectivity index is 2.39. The van der Waals surface area contributed by atoms with Crippen LogP contribution in [0.3, 0.4) is 0 Å². The van der Waals surface area contributed by atoms with Crippen LogP contribution in [0.15, 0.2) is 15.9 Å². The average Bonchev–Trinajstić information content (AvgIpc) is 2.88. The number of fused-ring (bicyclic) bond motifs is 1. The van der Waals surface area contributed by atoms with Gasteiger partial charge in [-0.05, 0) is 32.6 Å². The first-order valence-corrected chi connectivity index (χ1v) is 7.80. The fraction of sp³-hybridized carbons (Fsp3) is 0.667. The summed E-state index contributed by atoms with van der Waals surface area (Å²) >= 11 is 0. The third-order valence-electron chi connectivity index (χ3n) is 3.82. The minimum atomic E-state index is -0.354. The van der Waals surface area contributed by atoms with Crippen molar-refractivity contribution < 1.29 is 5.11 Å². The summed E-state index contributed by atoms with van der Waals surface area (Å²) in [6.07, 6.45) is 4.29. The van der Waals surface area contributed by atoms with Crippen molar-refractivity contribution in [2.45, 2.75) is 58.7 Å². The van der Waals surface area contributed by atoms with Crippen LogP contribution in [0.5, 0.6) is 0 Å². The van der Waals surface area contributed by atoms with E-state index in [1.54, 1.807) is 20.3 Å². The molecule has 2 rings (SSSR count). The fourth-order valence-electron chi connectivity index (χ4n) is 2.64. The van der Waals surface area contributed by atoms with E-state index < -0.39 is 0 Å². The predicted octanol–water partition coefficient (Wildman–Crippen LogP) is 0.858. The van der Waals surface area contributed by atoms with Gasteiger partial charge in [0.25, 0.3) is 5.56 Å². The van der Waals surface area contributed by atoms with Crippen molar-refractivity contribution >= 4 is 11.2 Å². The maximum Gasteiger partial charge on any atom is 0.332 e. The lowest BCUT2D eigenvalue weighted by atomic mass is 10.2. The highest BCUT2D eigenvalue weighted by atomic mass is 16.3. The molecule has 0 bridgehead atoms. The molecule has 0 aliphatic heterocycles. The molecule has 0 fully saturated rings. The summed E-state index contributed by atoms with van der Waals surface area (Å²) in [7, 11) is 1.64. The zero-order chi connectivity index (χ0) is 16.3. The van der Waals surface area contributed by atoms with Crippen LogP contribution in [0, 0.1) is 0 Å². The molecule has 0 aromatic carbocycles. The highest BCUT2D eigenvalue weighted by molar-refractivity contribution is 5.69. The largest absolute Gasteiger partial charge is 0.393 e. The molecule has 0 radical (unpaired) electrons. The lowest BCUT2D eigenvalue weighted by molar-refractivity contribution is 0.180. The van der Waals surface area contributed by atoms with E-state index in [0.717, 1.165) is 12.8 Å². The molecule has 22 heavy (non-hydrogen) atoms. The molecule has 1 N–H and O–H groups in total. The predicted molar refractivity (Wildman–Crippen MR) is 85.1 cm³/mol. The summed E-state index contributed by atoms with van der Waals surface area (Å²) < 4.78 is 4.51. The van der Waals surface area contributed by atoms with E-state index in [0.29, 0.717) is 37.1 Å². The molecular formula is C15H24N4O3. The topological polar surface area (TPSA) is 82.1 Å². The quantitative estimate of drug-likeness (QED) is 0.769. The van der Waals surface area contributed by atoms with Crippen LogP contribution in [0.4, 0.5) is 0 Å². The number of rotatable bonds is 7. The van der Waals surface area contributed by atoms with E-state index in [-0.39, 0.29) is 17.4 Å². The van der Waals surface area contributed by atoms with E-state index in [1.165, 1.54) is 9.13 Å². The standard InChI is InChI=1S/C15H24N4O3/c1-4-8-18-10-16-13-12(18)14(21)19(15(22)17(13)3)9-6-5-7-11(2)20/h10-11,20H,4-9H2,1-3H3/t11-/m0/s1. The molecule has 122 valence electrons. The van der Waals surface area contributed by atoms with Crippen LogP contribution in [0.25, 0.3) is 11.2 Å². The van der Waals surface area contributed by atoms with Crippen LogP contribution >= 0.6 is 0 Å². The van der Waals surface area contributed by atoms with Crippen molar-refractivity contribution in [3.05, 3.63) is 27.2 Å². The van der Waals surface area contributed by atoms with Gasteiger partial charge in [0.2, 0.25) is 0 Å². The first kappa shape index (κ1) is 16.5. The number of imidazole rings is 1. The fourth-order valence-corrected chi connectivity index (χ4v) is 2.64. The Kier molecular flexibility index (Phi) is 5.18. The average molecular weight is 308 g/mol. The third-order valence-corrected chi connectivity index (χ3v) is 3.82. The number of aliphatic hydroxyl groups excluding tert-OH is 1. The number of aliphatic hydroxyl groups is 1. The molecule has 2 aromatic rings. The molecule has 0 saturated carbocycles. The Morgan fingerprint density at radius 1 is 1.27 bits per heavy atom. The highest BCUT2D eigenvalue weighted by Gasteiger charge is 2.15. The minimum absolute atomic E-state index is 0.277. The second kappa shape index (κ2) is 6.91. The van der Waals surface area contributed by atoms with Crippen LogP contribution in [-0.4, -0.2) is 29.9 Å². The van der Waals surface area contributed by atoms with Gasteiger partial charge in [-0.2, -0.15) is 0 Å². The van der Waals surface area contributed by atoms with Crippen LogP contribution < -0.4 is 11.2 Å². The number of hydrogen-bond acceptors (Lipinski definition) is 4. The number of hydrogen-bond donors (Lipinski definition) is 1. The van der Waals surface area contributed by atoms with Crippen LogP contribution in [-0.2, 0) is 20.1 Å². The molecule has 1 atom stereocenters. The monoisotopic (exact) mass is 308 g/mol. The van der Waals surface area contributed by atoms with Crippen molar-refractivity contribution in [1.82, 2.24) is 18.7 Å². The SMILES string of the molecule is CCCn1cnc2c1c(=O)n(CCCC[C@H](C)O)c(=O)n2C. The van der Waals surface area contributed by atoms with Crippen molar-refractivity contribution in [2.75, 3.05) is 0 Å². The Morgan fingerprint density at radius 2 is 2.00 bits per heavy atom. The highest BCUT2D eigenvalue weighted by Crippen LogP contribution is 2.07. The molecule has 7 nitrogen and oxygen atoms in total. The summed E-state index contributed by atoms with van der Waals surface area (Å²) in [5.74, 6) is 0. The summed E-state index contributed by atoms with van der Waals surface area (Å²) in [5, 5.41) is 9.27. The van der Waals surface area contributed by atoms with Gasteiger partial charge < -0.3 is 9.67 Å². The zero-order valence-corrected chi connectivity index (χ0v) is 13.4. The minimum Gasteiger partial charge on any atom is -0.393 e. The Morgan fingerprint density at radius 3 is 2.64 bits per heavy atom. The molecular weight excluding hydrogens is 284 g/mol. The number of aromatic nitrogens is 4. The van der Waals surface area contributed by atoms with Crippen molar-refractivity contribution in [1.29, 1.82) is 0 Å². The van der Waals surface area contributed by atoms with Gasteiger partial charge in [-0.25, -0.2) is 9.78 Å². The Labute approximate surface area is 128 Å². The zero-order valence-electron chi connectivity index (χ0n) is 13.4.